The van der Waals surface area contributed by atoms with Crippen LogP contribution in [0.15, 0.2) is 54.6 Å². The summed E-state index contributed by atoms with van der Waals surface area (Å²) < 4.78 is 0. The highest BCUT2D eigenvalue weighted by Gasteiger charge is 2.20. The molecule has 0 aliphatic heterocycles. The Bertz CT molecular complexity index is 609. The van der Waals surface area contributed by atoms with Crippen molar-refractivity contribution in [3.8, 4) is 0 Å². The van der Waals surface area contributed by atoms with Gasteiger partial charge in [-0.05, 0) is 36.4 Å². The smallest absolute Gasteiger partial charge is 0.323 e. The number of rotatable bonds is 4. The van der Waals surface area contributed by atoms with Crippen LogP contribution in [0.3, 0.4) is 0 Å². The van der Waals surface area contributed by atoms with E-state index in [2.05, 4.69) is 0 Å². The largest absolute Gasteiger partial charge is 0.480 e. The lowest BCUT2D eigenvalue weighted by Crippen LogP contribution is -2.35. The van der Waals surface area contributed by atoms with Crippen molar-refractivity contribution in [1.82, 2.24) is 0 Å². The molecule has 0 fully saturated rings. The van der Waals surface area contributed by atoms with Crippen molar-refractivity contribution in [1.29, 1.82) is 0 Å². The number of carboxylic acid groups (broad SMARTS) is 1. The van der Waals surface area contributed by atoms with E-state index in [1.165, 1.54) is 4.90 Å². The Labute approximate surface area is 116 Å². The Hall–Kier alpha value is -2.82. The molecule has 0 atom stereocenters. The monoisotopic (exact) mass is 270 g/mol. The van der Waals surface area contributed by atoms with Gasteiger partial charge in [0.2, 0.25) is 0 Å². The molecule has 0 unspecified atom stereocenters. The number of hydrogen-bond acceptors (Lipinski definition) is 3. The number of nitrogens with zero attached hydrogens (tertiary/aromatic N) is 1. The van der Waals surface area contributed by atoms with Gasteiger partial charge in [0.05, 0.1) is 0 Å². The van der Waals surface area contributed by atoms with E-state index in [0.717, 1.165) is 0 Å². The molecule has 5 heteroatoms. The topological polar surface area (TPSA) is 83.6 Å². The van der Waals surface area contributed by atoms with Gasteiger partial charge in [0.15, 0.2) is 0 Å². The number of carboxylic acids is 1. The second kappa shape index (κ2) is 5.88. The molecule has 1 amide bonds. The molecule has 0 heterocycles. The number of nitrogens with two attached hydrogens (primary N) is 1. The molecule has 102 valence electrons. The van der Waals surface area contributed by atoms with Crippen LogP contribution in [0.25, 0.3) is 0 Å². The van der Waals surface area contributed by atoms with Crippen LogP contribution in [0.4, 0.5) is 11.4 Å². The third kappa shape index (κ3) is 3.14. The number of nitrogen functional groups attached to an aromatic ring is 1. The molecule has 5 nitrogen and oxygen atoms in total. The van der Waals surface area contributed by atoms with Gasteiger partial charge >= 0.3 is 5.97 Å². The van der Waals surface area contributed by atoms with E-state index in [1.54, 1.807) is 54.6 Å². The number of hydrogen-bond donors (Lipinski definition) is 2. The molecule has 0 aromatic heterocycles. The zero-order valence-corrected chi connectivity index (χ0v) is 10.7. The minimum atomic E-state index is -1.08. The van der Waals surface area contributed by atoms with Crippen LogP contribution in [-0.4, -0.2) is 23.5 Å². The van der Waals surface area contributed by atoms with Gasteiger partial charge in [-0.25, -0.2) is 0 Å². The van der Waals surface area contributed by atoms with Crippen LogP contribution < -0.4 is 10.6 Å². The van der Waals surface area contributed by atoms with Gasteiger partial charge in [0, 0.05) is 16.9 Å². The molecule has 0 saturated carbocycles. The van der Waals surface area contributed by atoms with E-state index >= 15 is 0 Å². The van der Waals surface area contributed by atoms with E-state index in [1.807, 2.05) is 0 Å². The highest BCUT2D eigenvalue weighted by Crippen LogP contribution is 2.18. The molecule has 0 bridgehead atoms. The predicted octanol–water partition coefficient (Wildman–Crippen LogP) is 2.00. The van der Waals surface area contributed by atoms with Crippen LogP contribution in [0.5, 0.6) is 0 Å². The maximum Gasteiger partial charge on any atom is 0.323 e. The normalized spacial score (nSPS) is 10.0. The fourth-order valence-corrected chi connectivity index (χ4v) is 1.81. The molecule has 2 aromatic carbocycles. The third-order valence-electron chi connectivity index (χ3n) is 2.76. The summed E-state index contributed by atoms with van der Waals surface area (Å²) >= 11 is 0. The number of amides is 1. The van der Waals surface area contributed by atoms with Crippen LogP contribution in [0.2, 0.25) is 0 Å². The molecule has 0 aliphatic carbocycles. The molecule has 0 spiro atoms. The quantitative estimate of drug-likeness (QED) is 0.832. The Kier molecular flexibility index (Phi) is 4.00. The lowest BCUT2D eigenvalue weighted by molar-refractivity contribution is -0.135. The summed E-state index contributed by atoms with van der Waals surface area (Å²) in [5.41, 5.74) is 7.08. The first kappa shape index (κ1) is 13.6. The minimum Gasteiger partial charge on any atom is -0.480 e. The van der Waals surface area contributed by atoms with Gasteiger partial charge in [-0.1, -0.05) is 18.2 Å². The number of carbonyl (C=O) groups is 2. The summed E-state index contributed by atoms with van der Waals surface area (Å²) in [6, 6.07) is 15.1. The second-order valence-corrected chi connectivity index (χ2v) is 4.24. The second-order valence-electron chi connectivity index (χ2n) is 4.24. The standard InChI is InChI=1S/C15H14N2O3/c16-12-6-8-13(9-7-12)17(10-14(18)19)15(20)11-4-2-1-3-5-11/h1-9H,10,16H2,(H,18,19). The van der Waals surface area contributed by atoms with Gasteiger partial charge in [-0.2, -0.15) is 0 Å². The van der Waals surface area contributed by atoms with E-state index in [9.17, 15) is 9.59 Å². The molecular weight excluding hydrogens is 256 g/mol. The summed E-state index contributed by atoms with van der Waals surface area (Å²) in [5.74, 6) is -1.44. The van der Waals surface area contributed by atoms with Crippen LogP contribution in [0.1, 0.15) is 10.4 Å². The molecule has 20 heavy (non-hydrogen) atoms. The van der Waals surface area contributed by atoms with Crippen LogP contribution in [0, 0.1) is 0 Å². The van der Waals surface area contributed by atoms with E-state index < -0.39 is 12.5 Å². The minimum absolute atomic E-state index is 0.363. The van der Waals surface area contributed by atoms with Crippen molar-refractivity contribution >= 4 is 23.3 Å². The third-order valence-corrected chi connectivity index (χ3v) is 2.76. The number of aliphatic carboxylic acids is 1. The maximum atomic E-state index is 12.4. The Morgan fingerprint density at radius 3 is 2.15 bits per heavy atom. The van der Waals surface area contributed by atoms with Crippen molar-refractivity contribution in [2.45, 2.75) is 0 Å². The van der Waals surface area contributed by atoms with Crippen molar-refractivity contribution in [2.75, 3.05) is 17.2 Å². The lowest BCUT2D eigenvalue weighted by Gasteiger charge is -2.21. The van der Waals surface area contributed by atoms with E-state index in [4.69, 9.17) is 10.8 Å². The molecule has 2 rings (SSSR count). The molecule has 0 saturated heterocycles. The molecule has 2 aromatic rings. The maximum absolute atomic E-state index is 12.4. The number of benzene rings is 2. The van der Waals surface area contributed by atoms with Gasteiger partial charge in [-0.3, -0.25) is 14.5 Å². The average molecular weight is 270 g/mol. The van der Waals surface area contributed by atoms with Gasteiger partial charge in [0.25, 0.3) is 5.91 Å². The first-order valence-corrected chi connectivity index (χ1v) is 6.02. The summed E-state index contributed by atoms with van der Waals surface area (Å²) in [6.45, 7) is -0.405. The summed E-state index contributed by atoms with van der Waals surface area (Å²) in [5, 5.41) is 8.98. The van der Waals surface area contributed by atoms with Crippen molar-refractivity contribution in [2.24, 2.45) is 0 Å². The van der Waals surface area contributed by atoms with Gasteiger partial charge in [0.1, 0.15) is 6.54 Å². The molecule has 3 N–H and O–H groups in total. The first-order chi connectivity index (χ1) is 9.58. The summed E-state index contributed by atoms with van der Waals surface area (Å²) in [6.07, 6.45) is 0. The summed E-state index contributed by atoms with van der Waals surface area (Å²) in [7, 11) is 0. The summed E-state index contributed by atoms with van der Waals surface area (Å²) in [4.78, 5) is 24.6. The van der Waals surface area contributed by atoms with E-state index in [0.29, 0.717) is 16.9 Å². The Morgan fingerprint density at radius 2 is 1.60 bits per heavy atom. The zero-order valence-electron chi connectivity index (χ0n) is 10.7. The molecular formula is C15H14N2O3. The van der Waals surface area contributed by atoms with Crippen molar-refractivity contribution < 1.29 is 14.7 Å². The van der Waals surface area contributed by atoms with Crippen LogP contribution in [-0.2, 0) is 4.79 Å². The number of anilines is 2. The van der Waals surface area contributed by atoms with Gasteiger partial charge in [-0.15, -0.1) is 0 Å². The van der Waals surface area contributed by atoms with Gasteiger partial charge < -0.3 is 10.8 Å². The fourth-order valence-electron chi connectivity index (χ4n) is 1.81. The lowest BCUT2D eigenvalue weighted by atomic mass is 10.1. The van der Waals surface area contributed by atoms with Crippen molar-refractivity contribution in [3.05, 3.63) is 60.2 Å². The van der Waals surface area contributed by atoms with Crippen LogP contribution >= 0.6 is 0 Å². The fraction of sp³-hybridized carbons (Fsp3) is 0.0667. The SMILES string of the molecule is Nc1ccc(N(CC(=O)O)C(=O)c2ccccc2)cc1. The Morgan fingerprint density at radius 1 is 1.00 bits per heavy atom. The molecule has 0 aliphatic rings. The number of carbonyl (C=O) groups excluding carboxylic acids is 1. The predicted molar refractivity (Wildman–Crippen MR) is 76.6 cm³/mol. The zero-order chi connectivity index (χ0) is 14.5. The highest BCUT2D eigenvalue weighted by molar-refractivity contribution is 6.08. The Balaban J connectivity index is 2.35. The first-order valence-electron chi connectivity index (χ1n) is 6.02. The molecule has 0 radical (unpaired) electrons. The van der Waals surface area contributed by atoms with Crippen molar-refractivity contribution in [3.63, 3.8) is 0 Å². The van der Waals surface area contributed by atoms with E-state index in [-0.39, 0.29) is 5.91 Å². The highest BCUT2D eigenvalue weighted by atomic mass is 16.4. The average Bonchev–Trinajstić information content (AvgIpc) is 2.46.